The van der Waals surface area contributed by atoms with Crippen LogP contribution in [0, 0.1) is 0 Å². The fraction of sp³-hybridized carbons (Fsp3) is 0.714. The number of alkyl halides is 3. The molecule has 80 valence electrons. The van der Waals surface area contributed by atoms with Gasteiger partial charge in [0.05, 0.1) is 6.54 Å². The molecule has 7 heteroatoms. The number of hydrogen-bond donors (Lipinski definition) is 1. The zero-order valence-electron chi connectivity index (χ0n) is 7.39. The quantitative estimate of drug-likeness (QED) is 0.656. The number of halogens is 3. The Morgan fingerprint density at radius 2 is 2.07 bits per heavy atom. The van der Waals surface area contributed by atoms with Gasteiger partial charge in [0.25, 0.3) is 0 Å². The fourth-order valence-electron chi connectivity index (χ4n) is 1.19. The van der Waals surface area contributed by atoms with Gasteiger partial charge in [-0.05, 0) is 6.92 Å². The van der Waals surface area contributed by atoms with E-state index in [0.717, 1.165) is 0 Å². The van der Waals surface area contributed by atoms with Crippen molar-refractivity contribution in [3.8, 4) is 0 Å². The van der Waals surface area contributed by atoms with Crippen LogP contribution >= 0.6 is 0 Å². The first kappa shape index (κ1) is 10.8. The molecule has 14 heavy (non-hydrogen) atoms. The van der Waals surface area contributed by atoms with Gasteiger partial charge < -0.3 is 10.2 Å². The molecule has 0 bridgehead atoms. The summed E-state index contributed by atoms with van der Waals surface area (Å²) in [7, 11) is 0. The molecule has 1 atom stereocenters. The summed E-state index contributed by atoms with van der Waals surface area (Å²) in [5, 5.41) is 2.20. The second-order valence-corrected chi connectivity index (χ2v) is 3.03. The molecule has 1 fully saturated rings. The summed E-state index contributed by atoms with van der Waals surface area (Å²) >= 11 is 0. The molecular weight excluding hydrogens is 201 g/mol. The number of amides is 2. The number of rotatable bonds is 1. The number of carbonyl (C=O) groups is 2. The van der Waals surface area contributed by atoms with Crippen LogP contribution in [-0.4, -0.2) is 42.0 Å². The average Bonchev–Trinajstić information content (AvgIpc) is 2.04. The number of hydrogen-bond acceptors (Lipinski definition) is 2. The van der Waals surface area contributed by atoms with Crippen LogP contribution in [0.25, 0.3) is 0 Å². The largest absolute Gasteiger partial charge is 0.406 e. The maximum atomic E-state index is 12.0. The summed E-state index contributed by atoms with van der Waals surface area (Å²) < 4.78 is 36.0. The van der Waals surface area contributed by atoms with Gasteiger partial charge in [-0.15, -0.1) is 0 Å². The highest BCUT2D eigenvalue weighted by atomic mass is 19.4. The van der Waals surface area contributed by atoms with Crippen LogP contribution in [0.15, 0.2) is 0 Å². The molecule has 0 aromatic heterocycles. The highest BCUT2D eigenvalue weighted by Crippen LogP contribution is 2.19. The second kappa shape index (κ2) is 3.47. The summed E-state index contributed by atoms with van der Waals surface area (Å²) in [4.78, 5) is 22.5. The number of nitrogens with one attached hydrogen (secondary N) is 1. The van der Waals surface area contributed by atoms with Gasteiger partial charge in [0.2, 0.25) is 11.8 Å². The van der Waals surface area contributed by atoms with Crippen molar-refractivity contribution in [3.05, 3.63) is 0 Å². The molecule has 1 N–H and O–H groups in total. The van der Waals surface area contributed by atoms with Crippen LogP contribution in [0.4, 0.5) is 13.2 Å². The van der Waals surface area contributed by atoms with Crippen LogP contribution in [0.2, 0.25) is 0 Å². The Morgan fingerprint density at radius 3 is 2.57 bits per heavy atom. The lowest BCUT2D eigenvalue weighted by Gasteiger charge is -2.33. The summed E-state index contributed by atoms with van der Waals surface area (Å²) in [5.41, 5.74) is 0. The zero-order chi connectivity index (χ0) is 10.9. The molecule has 0 radical (unpaired) electrons. The minimum atomic E-state index is -4.47. The first-order valence-electron chi connectivity index (χ1n) is 3.95. The van der Waals surface area contributed by atoms with Gasteiger partial charge in [0, 0.05) is 0 Å². The third-order valence-corrected chi connectivity index (χ3v) is 1.93. The molecule has 0 aromatic carbocycles. The van der Waals surface area contributed by atoms with Gasteiger partial charge in [-0.3, -0.25) is 9.59 Å². The van der Waals surface area contributed by atoms with E-state index in [9.17, 15) is 22.8 Å². The van der Waals surface area contributed by atoms with Crippen molar-refractivity contribution in [2.45, 2.75) is 19.1 Å². The monoisotopic (exact) mass is 210 g/mol. The van der Waals surface area contributed by atoms with Gasteiger partial charge in [-0.25, -0.2) is 0 Å². The number of carbonyl (C=O) groups excluding carboxylic acids is 2. The average molecular weight is 210 g/mol. The molecule has 1 rings (SSSR count). The van der Waals surface area contributed by atoms with E-state index in [1.54, 1.807) is 0 Å². The molecule has 4 nitrogen and oxygen atoms in total. The van der Waals surface area contributed by atoms with E-state index in [0.29, 0.717) is 4.90 Å². The first-order chi connectivity index (χ1) is 6.31. The minimum absolute atomic E-state index is 0.362. The molecule has 1 aliphatic rings. The highest BCUT2D eigenvalue weighted by Gasteiger charge is 2.39. The lowest BCUT2D eigenvalue weighted by molar-refractivity contribution is -0.170. The SMILES string of the molecule is CC1C(=O)NCC(=O)N1CC(F)(F)F. The lowest BCUT2D eigenvalue weighted by atomic mass is 10.2. The second-order valence-electron chi connectivity index (χ2n) is 3.03. The molecule has 1 unspecified atom stereocenters. The van der Waals surface area contributed by atoms with Crippen molar-refractivity contribution in [2.75, 3.05) is 13.1 Å². The summed E-state index contributed by atoms with van der Waals surface area (Å²) in [5.74, 6) is -1.27. The van der Waals surface area contributed by atoms with E-state index in [2.05, 4.69) is 5.32 Å². The van der Waals surface area contributed by atoms with E-state index in [1.165, 1.54) is 6.92 Å². The third-order valence-electron chi connectivity index (χ3n) is 1.93. The minimum Gasteiger partial charge on any atom is -0.345 e. The number of piperazine rings is 1. The van der Waals surface area contributed by atoms with Gasteiger partial charge in [0.1, 0.15) is 12.6 Å². The predicted molar refractivity (Wildman–Crippen MR) is 40.2 cm³/mol. The third kappa shape index (κ3) is 2.36. The van der Waals surface area contributed by atoms with Crippen LogP contribution < -0.4 is 5.32 Å². The normalized spacial score (nSPS) is 23.7. The molecule has 0 aliphatic carbocycles. The zero-order valence-corrected chi connectivity index (χ0v) is 7.39. The Morgan fingerprint density at radius 1 is 1.50 bits per heavy atom. The summed E-state index contributed by atoms with van der Waals surface area (Å²) in [6.07, 6.45) is -4.47. The maximum Gasteiger partial charge on any atom is 0.406 e. The topological polar surface area (TPSA) is 49.4 Å². The first-order valence-corrected chi connectivity index (χ1v) is 3.95. The van der Waals surface area contributed by atoms with Crippen molar-refractivity contribution < 1.29 is 22.8 Å². The standard InChI is InChI=1S/C7H9F3N2O2/c1-4-6(14)11-2-5(13)12(4)3-7(8,9)10/h4H,2-3H2,1H3,(H,11,14). The Bertz CT molecular complexity index is 264. The van der Waals surface area contributed by atoms with Crippen LogP contribution in [-0.2, 0) is 9.59 Å². The Kier molecular flexibility index (Phi) is 2.68. The van der Waals surface area contributed by atoms with Crippen LogP contribution in [0.3, 0.4) is 0 Å². The van der Waals surface area contributed by atoms with E-state index < -0.39 is 30.6 Å². The lowest BCUT2D eigenvalue weighted by Crippen LogP contribution is -2.59. The Hall–Kier alpha value is -1.27. The van der Waals surface area contributed by atoms with Crippen molar-refractivity contribution in [3.63, 3.8) is 0 Å². The van der Waals surface area contributed by atoms with E-state index in [-0.39, 0.29) is 6.54 Å². The van der Waals surface area contributed by atoms with Crippen molar-refractivity contribution in [1.29, 1.82) is 0 Å². The maximum absolute atomic E-state index is 12.0. The molecule has 0 aromatic rings. The van der Waals surface area contributed by atoms with Crippen molar-refractivity contribution in [2.24, 2.45) is 0 Å². The van der Waals surface area contributed by atoms with Crippen LogP contribution in [0.1, 0.15) is 6.92 Å². The van der Waals surface area contributed by atoms with Gasteiger partial charge >= 0.3 is 6.18 Å². The predicted octanol–water partition coefficient (Wildman–Crippen LogP) is -0.104. The molecule has 1 saturated heterocycles. The van der Waals surface area contributed by atoms with Gasteiger partial charge in [-0.1, -0.05) is 0 Å². The molecule has 0 saturated carbocycles. The molecule has 0 spiro atoms. The Labute approximate surface area is 78.1 Å². The van der Waals surface area contributed by atoms with Crippen LogP contribution in [0.5, 0.6) is 0 Å². The van der Waals surface area contributed by atoms with E-state index >= 15 is 0 Å². The molecule has 2 amide bonds. The van der Waals surface area contributed by atoms with Crippen molar-refractivity contribution in [1.82, 2.24) is 10.2 Å². The van der Waals surface area contributed by atoms with Gasteiger partial charge in [0.15, 0.2) is 0 Å². The fourth-order valence-corrected chi connectivity index (χ4v) is 1.19. The summed E-state index contributed by atoms with van der Waals surface area (Å²) in [6.45, 7) is -0.474. The van der Waals surface area contributed by atoms with E-state index in [1.807, 2.05) is 0 Å². The molecular formula is C7H9F3N2O2. The van der Waals surface area contributed by atoms with Crippen molar-refractivity contribution >= 4 is 11.8 Å². The molecule has 1 heterocycles. The molecule has 1 aliphatic heterocycles. The summed E-state index contributed by atoms with van der Waals surface area (Å²) in [6, 6.07) is -1.06. The number of nitrogens with zero attached hydrogens (tertiary/aromatic N) is 1. The smallest absolute Gasteiger partial charge is 0.345 e. The Balaban J connectivity index is 2.73. The van der Waals surface area contributed by atoms with E-state index in [4.69, 9.17) is 0 Å². The van der Waals surface area contributed by atoms with Gasteiger partial charge in [-0.2, -0.15) is 13.2 Å². The highest BCUT2D eigenvalue weighted by molar-refractivity contribution is 5.94.